The topological polar surface area (TPSA) is 50.8 Å². The summed E-state index contributed by atoms with van der Waals surface area (Å²) in [5, 5.41) is 3.00. The number of para-hydroxylation sites is 1. The van der Waals surface area contributed by atoms with Crippen LogP contribution < -0.4 is 14.8 Å². The van der Waals surface area contributed by atoms with Crippen LogP contribution in [0.1, 0.15) is 28.9 Å². The van der Waals surface area contributed by atoms with E-state index in [1.54, 1.807) is 19.2 Å². The van der Waals surface area contributed by atoms with Crippen LogP contribution >= 0.6 is 0 Å². The molecule has 0 spiro atoms. The van der Waals surface area contributed by atoms with E-state index >= 15 is 0 Å². The molecule has 134 valence electrons. The van der Waals surface area contributed by atoms with Crippen molar-refractivity contribution in [1.29, 1.82) is 0 Å². The molecule has 0 aliphatic carbocycles. The normalized spacial score (nSPS) is 11.9. The van der Waals surface area contributed by atoms with Gasteiger partial charge in [0.2, 0.25) is 0 Å². The molecule has 0 fully saturated rings. The Morgan fingerprint density at radius 2 is 1.80 bits per heavy atom. The molecule has 0 aromatic heterocycles. The number of hydrogen-bond donors (Lipinski definition) is 1. The smallest absolute Gasteiger partial charge is 0.255 e. The molecular formula is C20H26N2O3. The Morgan fingerprint density at radius 3 is 2.40 bits per heavy atom. The quantitative estimate of drug-likeness (QED) is 0.801. The molecule has 1 atom stereocenters. The van der Waals surface area contributed by atoms with Gasteiger partial charge in [-0.25, -0.2) is 0 Å². The minimum absolute atomic E-state index is 0.0642. The lowest BCUT2D eigenvalue weighted by Gasteiger charge is -2.25. The molecule has 1 unspecified atom stereocenters. The maximum absolute atomic E-state index is 12.5. The van der Waals surface area contributed by atoms with Crippen molar-refractivity contribution in [2.45, 2.75) is 13.0 Å². The molecule has 2 aromatic carbocycles. The molecule has 0 aliphatic heterocycles. The number of carbonyl (C=O) groups excluding carboxylic acids is 1. The Morgan fingerprint density at radius 1 is 1.12 bits per heavy atom. The van der Waals surface area contributed by atoms with E-state index < -0.39 is 0 Å². The van der Waals surface area contributed by atoms with Gasteiger partial charge in [0.1, 0.15) is 11.5 Å². The number of ether oxygens (including phenoxy) is 2. The number of rotatable bonds is 8. The molecule has 5 heteroatoms. The fourth-order valence-corrected chi connectivity index (χ4v) is 2.67. The van der Waals surface area contributed by atoms with Gasteiger partial charge >= 0.3 is 0 Å². The molecular weight excluding hydrogens is 316 g/mol. The second kappa shape index (κ2) is 9.08. The molecule has 1 amide bonds. The molecule has 0 aliphatic rings. The highest BCUT2D eigenvalue weighted by atomic mass is 16.5. The van der Waals surface area contributed by atoms with Crippen molar-refractivity contribution in [2.24, 2.45) is 0 Å². The Kier molecular flexibility index (Phi) is 6.83. The summed E-state index contributed by atoms with van der Waals surface area (Å²) in [4.78, 5) is 14.6. The summed E-state index contributed by atoms with van der Waals surface area (Å²) < 4.78 is 10.7. The van der Waals surface area contributed by atoms with E-state index in [1.165, 1.54) is 0 Å². The van der Waals surface area contributed by atoms with E-state index in [0.717, 1.165) is 11.3 Å². The highest BCUT2D eigenvalue weighted by molar-refractivity contribution is 5.96. The molecule has 2 rings (SSSR count). The molecule has 5 nitrogen and oxygen atoms in total. The minimum Gasteiger partial charge on any atom is -0.496 e. The number of benzene rings is 2. The zero-order valence-corrected chi connectivity index (χ0v) is 15.3. The Hall–Kier alpha value is -2.53. The summed E-state index contributed by atoms with van der Waals surface area (Å²) in [5.41, 5.74) is 1.66. The lowest BCUT2D eigenvalue weighted by Crippen LogP contribution is -2.34. The lowest BCUT2D eigenvalue weighted by atomic mass is 10.1. The fourth-order valence-electron chi connectivity index (χ4n) is 2.67. The molecule has 0 heterocycles. The Balaban J connectivity index is 2.07. The van der Waals surface area contributed by atoms with Crippen molar-refractivity contribution < 1.29 is 14.3 Å². The summed E-state index contributed by atoms with van der Waals surface area (Å²) >= 11 is 0. The SMILES string of the molecule is CCOc1ccc(C(CNC(=O)c2ccccc2OC)N(C)C)cc1. The summed E-state index contributed by atoms with van der Waals surface area (Å²) in [7, 11) is 5.56. The standard InChI is InChI=1S/C20H26N2O3/c1-5-25-16-12-10-15(11-13-16)18(22(2)3)14-21-20(23)17-8-6-7-9-19(17)24-4/h6-13,18H,5,14H2,1-4H3,(H,21,23). The number of hydrogen-bond acceptors (Lipinski definition) is 4. The molecule has 1 N–H and O–H groups in total. The zero-order chi connectivity index (χ0) is 18.2. The van der Waals surface area contributed by atoms with Crippen molar-refractivity contribution >= 4 is 5.91 Å². The second-order valence-corrected chi connectivity index (χ2v) is 5.89. The van der Waals surface area contributed by atoms with Gasteiger partial charge in [0.15, 0.2) is 0 Å². The first-order chi connectivity index (χ1) is 12.1. The molecule has 0 saturated heterocycles. The Bertz CT molecular complexity index is 684. The molecule has 2 aromatic rings. The predicted octanol–water partition coefficient (Wildman–Crippen LogP) is 3.13. The van der Waals surface area contributed by atoms with Crippen LogP contribution in [0.3, 0.4) is 0 Å². The van der Waals surface area contributed by atoms with Crippen LogP contribution in [-0.4, -0.2) is 45.2 Å². The molecule has 0 saturated carbocycles. The van der Waals surface area contributed by atoms with Crippen molar-refractivity contribution in [1.82, 2.24) is 10.2 Å². The number of nitrogens with zero attached hydrogens (tertiary/aromatic N) is 1. The lowest BCUT2D eigenvalue weighted by molar-refractivity contribution is 0.0939. The Labute approximate surface area is 149 Å². The van der Waals surface area contributed by atoms with E-state index in [2.05, 4.69) is 10.2 Å². The van der Waals surface area contributed by atoms with Gasteiger partial charge in [-0.2, -0.15) is 0 Å². The van der Waals surface area contributed by atoms with Crippen molar-refractivity contribution in [3.8, 4) is 11.5 Å². The van der Waals surface area contributed by atoms with Crippen LogP contribution in [0, 0.1) is 0 Å². The third-order valence-electron chi connectivity index (χ3n) is 4.01. The maximum Gasteiger partial charge on any atom is 0.255 e. The van der Waals surface area contributed by atoms with Gasteiger partial charge in [-0.1, -0.05) is 24.3 Å². The van der Waals surface area contributed by atoms with Crippen molar-refractivity contribution in [3.63, 3.8) is 0 Å². The number of nitrogens with one attached hydrogen (secondary N) is 1. The third-order valence-corrected chi connectivity index (χ3v) is 4.01. The van der Waals surface area contributed by atoms with Crippen molar-refractivity contribution in [3.05, 3.63) is 59.7 Å². The summed E-state index contributed by atoms with van der Waals surface area (Å²) in [5.74, 6) is 1.28. The second-order valence-electron chi connectivity index (χ2n) is 5.89. The summed E-state index contributed by atoms with van der Waals surface area (Å²) in [6.07, 6.45) is 0. The van der Waals surface area contributed by atoms with E-state index in [0.29, 0.717) is 24.5 Å². The zero-order valence-electron chi connectivity index (χ0n) is 15.3. The van der Waals surface area contributed by atoms with Gasteiger partial charge in [0.05, 0.1) is 25.3 Å². The largest absolute Gasteiger partial charge is 0.496 e. The highest BCUT2D eigenvalue weighted by Crippen LogP contribution is 2.22. The number of methoxy groups -OCH3 is 1. The predicted molar refractivity (Wildman–Crippen MR) is 99.4 cm³/mol. The first-order valence-electron chi connectivity index (χ1n) is 8.37. The maximum atomic E-state index is 12.5. The molecule has 0 bridgehead atoms. The van der Waals surface area contributed by atoms with Crippen LogP contribution in [0.2, 0.25) is 0 Å². The fraction of sp³-hybridized carbons (Fsp3) is 0.350. The monoisotopic (exact) mass is 342 g/mol. The van der Waals surface area contributed by atoms with Crippen molar-refractivity contribution in [2.75, 3.05) is 34.4 Å². The van der Waals surface area contributed by atoms with Crippen LogP contribution in [0.5, 0.6) is 11.5 Å². The van der Waals surface area contributed by atoms with Gasteiger partial charge in [0, 0.05) is 6.54 Å². The van der Waals surface area contributed by atoms with Crippen LogP contribution in [-0.2, 0) is 0 Å². The highest BCUT2D eigenvalue weighted by Gasteiger charge is 2.17. The van der Waals surface area contributed by atoms with Gasteiger partial charge in [-0.3, -0.25) is 4.79 Å². The van der Waals surface area contributed by atoms with Crippen LogP contribution in [0.15, 0.2) is 48.5 Å². The minimum atomic E-state index is -0.143. The first kappa shape index (κ1) is 18.8. The van der Waals surface area contributed by atoms with E-state index in [4.69, 9.17) is 9.47 Å². The number of carbonyl (C=O) groups is 1. The van der Waals surface area contributed by atoms with E-state index in [1.807, 2.05) is 57.4 Å². The van der Waals surface area contributed by atoms with Gasteiger partial charge in [-0.05, 0) is 50.8 Å². The average molecular weight is 342 g/mol. The summed E-state index contributed by atoms with van der Waals surface area (Å²) in [6.45, 7) is 3.10. The number of amides is 1. The van der Waals surface area contributed by atoms with Gasteiger partial charge < -0.3 is 19.7 Å². The summed E-state index contributed by atoms with van der Waals surface area (Å²) in [6, 6.07) is 15.3. The van der Waals surface area contributed by atoms with Crippen LogP contribution in [0.25, 0.3) is 0 Å². The molecule has 25 heavy (non-hydrogen) atoms. The van der Waals surface area contributed by atoms with Gasteiger partial charge in [-0.15, -0.1) is 0 Å². The van der Waals surface area contributed by atoms with Crippen LogP contribution in [0.4, 0.5) is 0 Å². The van der Waals surface area contributed by atoms with Gasteiger partial charge in [0.25, 0.3) is 5.91 Å². The first-order valence-corrected chi connectivity index (χ1v) is 8.37. The molecule has 0 radical (unpaired) electrons. The van der Waals surface area contributed by atoms with E-state index in [-0.39, 0.29) is 11.9 Å². The van der Waals surface area contributed by atoms with E-state index in [9.17, 15) is 4.79 Å². The average Bonchev–Trinajstić information content (AvgIpc) is 2.63. The number of likely N-dealkylation sites (N-methyl/N-ethyl adjacent to an activating group) is 1. The third kappa shape index (κ3) is 4.97.